The van der Waals surface area contributed by atoms with Crippen molar-refractivity contribution in [2.75, 3.05) is 18.5 Å². The molecule has 0 saturated carbocycles. The minimum absolute atomic E-state index is 0.0183. The lowest BCUT2D eigenvalue weighted by atomic mass is 9.96. The largest absolute Gasteiger partial charge is 0.394 e. The average Bonchev–Trinajstić information content (AvgIpc) is 3.05. The molecule has 0 radical (unpaired) electrons. The van der Waals surface area contributed by atoms with Crippen LogP contribution >= 0.6 is 11.6 Å². The summed E-state index contributed by atoms with van der Waals surface area (Å²) in [5.74, 6) is -0.240. The molecular formula is C31H38ClNO12. The number of allylic oxidation sites excluding steroid dienone is 1. The van der Waals surface area contributed by atoms with Gasteiger partial charge in [-0.25, -0.2) is 0 Å². The van der Waals surface area contributed by atoms with Crippen LogP contribution in [0.4, 0.5) is 5.69 Å². The van der Waals surface area contributed by atoms with Gasteiger partial charge in [-0.3, -0.25) is 4.79 Å². The third kappa shape index (κ3) is 7.91. The van der Waals surface area contributed by atoms with E-state index in [1.807, 2.05) is 30.3 Å². The van der Waals surface area contributed by atoms with Crippen LogP contribution in [0.1, 0.15) is 30.3 Å². The highest BCUT2D eigenvalue weighted by atomic mass is 35.5. The van der Waals surface area contributed by atoms with Crippen LogP contribution < -0.4 is 5.32 Å². The number of ether oxygens (including phenoxy) is 6. The Hall–Kier alpha value is -2.50. The van der Waals surface area contributed by atoms with Gasteiger partial charge in [0, 0.05) is 12.0 Å². The molecule has 0 aromatic heterocycles. The number of fused-ring (bicyclic) bond motifs is 1. The predicted octanol–water partition coefficient (Wildman–Crippen LogP) is 1.15. The molecule has 45 heavy (non-hydrogen) atoms. The number of amides is 1. The molecule has 3 saturated heterocycles. The molecule has 14 heteroatoms. The van der Waals surface area contributed by atoms with Crippen molar-refractivity contribution in [3.8, 4) is 0 Å². The van der Waals surface area contributed by atoms with Crippen molar-refractivity contribution in [1.29, 1.82) is 0 Å². The summed E-state index contributed by atoms with van der Waals surface area (Å²) in [5.41, 5.74) is 1.69. The molecule has 3 aliphatic heterocycles. The summed E-state index contributed by atoms with van der Waals surface area (Å²) >= 11 is 6.22. The molecule has 0 aliphatic carbocycles. The molecule has 13 nitrogen and oxygen atoms in total. The topological polar surface area (TPSA) is 186 Å². The summed E-state index contributed by atoms with van der Waals surface area (Å²) < 4.78 is 34.8. The van der Waals surface area contributed by atoms with E-state index in [1.165, 1.54) is 0 Å². The molecule has 2 aromatic rings. The minimum Gasteiger partial charge on any atom is -0.394 e. The van der Waals surface area contributed by atoms with Gasteiger partial charge in [-0.05, 0) is 24.1 Å². The minimum atomic E-state index is -1.64. The number of halogens is 1. The van der Waals surface area contributed by atoms with Crippen molar-refractivity contribution < 1.29 is 58.7 Å². The highest BCUT2D eigenvalue weighted by Gasteiger charge is 2.53. The van der Waals surface area contributed by atoms with E-state index in [0.717, 1.165) is 5.56 Å². The molecule has 1 amide bonds. The fraction of sp³-hybridized carbons (Fsp3) is 0.516. The summed E-state index contributed by atoms with van der Waals surface area (Å²) in [4.78, 5) is 12.1. The Morgan fingerprint density at radius 2 is 1.76 bits per heavy atom. The summed E-state index contributed by atoms with van der Waals surface area (Å²) in [6, 6.07) is 14.0. The Morgan fingerprint density at radius 1 is 1.00 bits per heavy atom. The average molecular weight is 652 g/mol. The molecule has 0 spiro atoms. The van der Waals surface area contributed by atoms with Crippen molar-refractivity contribution in [2.24, 2.45) is 0 Å². The third-order valence-electron chi connectivity index (χ3n) is 7.81. The lowest BCUT2D eigenvalue weighted by Gasteiger charge is -2.48. The quantitative estimate of drug-likeness (QED) is 0.191. The van der Waals surface area contributed by atoms with E-state index in [9.17, 15) is 30.3 Å². The number of aliphatic hydroxyl groups excluding tert-OH is 5. The van der Waals surface area contributed by atoms with Gasteiger partial charge in [0.2, 0.25) is 5.91 Å². The van der Waals surface area contributed by atoms with Gasteiger partial charge in [-0.2, -0.15) is 0 Å². The van der Waals surface area contributed by atoms with Crippen molar-refractivity contribution >= 4 is 23.2 Å². The van der Waals surface area contributed by atoms with Gasteiger partial charge in [0.05, 0.1) is 30.5 Å². The van der Waals surface area contributed by atoms with E-state index < -0.39 is 74.3 Å². The number of carbonyl (C=O) groups excluding carboxylic acids is 1. The first-order valence-electron chi connectivity index (χ1n) is 14.6. The Kier molecular flexibility index (Phi) is 11.6. The molecule has 0 bridgehead atoms. The number of hydrogen-bond acceptors (Lipinski definition) is 12. The summed E-state index contributed by atoms with van der Waals surface area (Å²) in [5, 5.41) is 56.6. The highest BCUT2D eigenvalue weighted by molar-refractivity contribution is 6.33. The molecule has 3 fully saturated rings. The highest BCUT2D eigenvalue weighted by Crippen LogP contribution is 2.36. The normalized spacial score (nSPS) is 34.9. The zero-order chi connectivity index (χ0) is 32.1. The molecular weight excluding hydrogens is 614 g/mol. The lowest BCUT2D eigenvalue weighted by molar-refractivity contribution is -0.386. The second-order valence-corrected chi connectivity index (χ2v) is 11.4. The standard InChI is InChI=1S/C31H38ClNO12/c1-2-3-9-22(35)33-19-12-16(10-11-18(19)32)14-40-30-25(38)23(36)27(20(13-34)42-30)45-31-26(39)24(37)28-21(43-31)15-41-29(44-28)17-7-5-4-6-8-17/h2,4-8,10-12,20-21,23-31,34,36-39H,1,3,9,13-15H2,(H,33,35)/t20-,21-,23-,24-,25-,26-,27-,28-,29?,30-,31-/m1/s1. The number of anilines is 1. The number of nitrogens with one attached hydrogen (secondary N) is 1. The van der Waals surface area contributed by atoms with Crippen LogP contribution in [0.3, 0.4) is 0 Å². The molecule has 5 rings (SSSR count). The van der Waals surface area contributed by atoms with Crippen molar-refractivity contribution in [3.63, 3.8) is 0 Å². The Balaban J connectivity index is 1.18. The van der Waals surface area contributed by atoms with Gasteiger partial charge in [0.25, 0.3) is 0 Å². The van der Waals surface area contributed by atoms with Crippen molar-refractivity contribution in [3.05, 3.63) is 77.3 Å². The lowest BCUT2D eigenvalue weighted by Crippen LogP contribution is -2.65. The molecule has 6 N–H and O–H groups in total. The molecule has 3 aliphatic rings. The van der Waals surface area contributed by atoms with Crippen LogP contribution in [0.5, 0.6) is 0 Å². The van der Waals surface area contributed by atoms with Crippen LogP contribution in [-0.2, 0) is 39.8 Å². The van der Waals surface area contributed by atoms with Crippen LogP contribution in [0.15, 0.2) is 61.2 Å². The Bertz CT molecular complexity index is 1280. The van der Waals surface area contributed by atoms with Crippen molar-refractivity contribution in [1.82, 2.24) is 0 Å². The summed E-state index contributed by atoms with van der Waals surface area (Å²) in [7, 11) is 0. The van der Waals surface area contributed by atoms with Gasteiger partial charge in [-0.1, -0.05) is 54.1 Å². The first-order chi connectivity index (χ1) is 21.7. The molecule has 2 aromatic carbocycles. The molecule has 246 valence electrons. The summed E-state index contributed by atoms with van der Waals surface area (Å²) in [6.45, 7) is 2.87. The molecule has 1 unspecified atom stereocenters. The third-order valence-corrected chi connectivity index (χ3v) is 8.14. The number of hydrogen-bond donors (Lipinski definition) is 6. The van der Waals surface area contributed by atoms with E-state index in [1.54, 1.807) is 24.3 Å². The van der Waals surface area contributed by atoms with Crippen LogP contribution in [0.25, 0.3) is 0 Å². The maximum absolute atomic E-state index is 12.1. The second kappa shape index (κ2) is 15.4. The SMILES string of the molecule is C=CCCC(=O)Nc1cc(CO[C@@H]2O[C@H](CO)[C@@H](O[C@H]3O[C@@H]4COC(c5ccccc5)O[C@H]4[C@H](O)[C@H]3O)[C@H](O)[C@H]2O)ccc1Cl. The van der Waals surface area contributed by atoms with E-state index >= 15 is 0 Å². The van der Waals surface area contributed by atoms with Crippen LogP contribution in [-0.4, -0.2) is 106 Å². The van der Waals surface area contributed by atoms with Crippen LogP contribution in [0.2, 0.25) is 5.02 Å². The van der Waals surface area contributed by atoms with Gasteiger partial charge in [0.1, 0.15) is 48.8 Å². The van der Waals surface area contributed by atoms with E-state index in [0.29, 0.717) is 22.7 Å². The Labute approximate surface area is 264 Å². The predicted molar refractivity (Wildman–Crippen MR) is 158 cm³/mol. The zero-order valence-electron chi connectivity index (χ0n) is 24.3. The van der Waals surface area contributed by atoms with E-state index in [-0.39, 0.29) is 25.5 Å². The van der Waals surface area contributed by atoms with Gasteiger partial charge in [0.15, 0.2) is 18.9 Å². The number of rotatable bonds is 11. The van der Waals surface area contributed by atoms with Gasteiger partial charge < -0.3 is 59.3 Å². The van der Waals surface area contributed by atoms with Crippen LogP contribution in [0, 0.1) is 0 Å². The molecule has 3 heterocycles. The fourth-order valence-electron chi connectivity index (χ4n) is 5.36. The monoisotopic (exact) mass is 651 g/mol. The van der Waals surface area contributed by atoms with E-state index in [2.05, 4.69) is 11.9 Å². The smallest absolute Gasteiger partial charge is 0.224 e. The first-order valence-corrected chi connectivity index (χ1v) is 15.0. The zero-order valence-corrected chi connectivity index (χ0v) is 25.0. The fourth-order valence-corrected chi connectivity index (χ4v) is 5.53. The maximum atomic E-state index is 12.1. The number of carbonyl (C=O) groups is 1. The Morgan fingerprint density at radius 3 is 2.49 bits per heavy atom. The second-order valence-electron chi connectivity index (χ2n) is 11.0. The van der Waals surface area contributed by atoms with Gasteiger partial charge >= 0.3 is 0 Å². The van der Waals surface area contributed by atoms with Crippen molar-refractivity contribution in [2.45, 2.75) is 87.2 Å². The van der Waals surface area contributed by atoms with E-state index in [4.69, 9.17) is 40.0 Å². The maximum Gasteiger partial charge on any atom is 0.224 e. The summed E-state index contributed by atoms with van der Waals surface area (Å²) in [6.07, 6.45) is -11.9. The number of benzene rings is 2. The number of aliphatic hydroxyl groups is 5. The van der Waals surface area contributed by atoms with Gasteiger partial charge in [-0.15, -0.1) is 6.58 Å². The molecule has 11 atom stereocenters. The first kappa shape index (κ1) is 33.9.